The predicted molar refractivity (Wildman–Crippen MR) is 78.8 cm³/mol. The number of anilines is 1. The minimum Gasteiger partial charge on any atom is -0.339 e. The van der Waals surface area contributed by atoms with Gasteiger partial charge in [0.1, 0.15) is 0 Å². The molecule has 2 aliphatic rings. The number of hydrogen-bond donors (Lipinski definition) is 2. The Kier molecular flexibility index (Phi) is 3.69. The van der Waals surface area contributed by atoms with Gasteiger partial charge in [-0.15, -0.1) is 0 Å². The molecule has 1 saturated carbocycles. The third-order valence-electron chi connectivity index (χ3n) is 4.67. The Morgan fingerprint density at radius 2 is 2.05 bits per heavy atom. The summed E-state index contributed by atoms with van der Waals surface area (Å²) in [5.74, 6) is -0.189. The second-order valence-electron chi connectivity index (χ2n) is 6.18. The molecule has 0 bridgehead atoms. The van der Waals surface area contributed by atoms with Gasteiger partial charge in [0.2, 0.25) is 11.8 Å². The molecule has 114 valence electrons. The van der Waals surface area contributed by atoms with E-state index in [1.807, 2.05) is 18.7 Å². The molecule has 1 aromatic rings. The Bertz CT molecular complexity index is 541. The van der Waals surface area contributed by atoms with Crippen LogP contribution in [0.2, 0.25) is 0 Å². The highest BCUT2D eigenvalue weighted by Crippen LogP contribution is 2.30. The van der Waals surface area contributed by atoms with Crippen LogP contribution in [0.3, 0.4) is 0 Å². The van der Waals surface area contributed by atoms with E-state index in [0.717, 1.165) is 29.9 Å². The van der Waals surface area contributed by atoms with E-state index in [1.165, 1.54) is 12.8 Å². The molecule has 6 heteroatoms. The van der Waals surface area contributed by atoms with E-state index in [0.29, 0.717) is 19.0 Å². The minimum atomic E-state index is -0.244. The highest BCUT2D eigenvalue weighted by molar-refractivity contribution is 5.97. The van der Waals surface area contributed by atoms with E-state index in [2.05, 4.69) is 15.5 Å². The van der Waals surface area contributed by atoms with E-state index >= 15 is 0 Å². The van der Waals surface area contributed by atoms with Gasteiger partial charge in [-0.25, -0.2) is 0 Å². The van der Waals surface area contributed by atoms with Crippen LogP contribution in [-0.4, -0.2) is 39.5 Å². The van der Waals surface area contributed by atoms with Gasteiger partial charge in [0.25, 0.3) is 0 Å². The molecule has 1 saturated heterocycles. The number of nitrogens with zero attached hydrogens (tertiary/aromatic N) is 2. The van der Waals surface area contributed by atoms with Crippen LogP contribution in [0.25, 0.3) is 0 Å². The smallest absolute Gasteiger partial charge is 0.229 e. The molecule has 2 N–H and O–H groups in total. The van der Waals surface area contributed by atoms with Gasteiger partial charge >= 0.3 is 0 Å². The average Bonchev–Trinajstić information content (AvgIpc) is 3.15. The number of amides is 2. The van der Waals surface area contributed by atoms with Crippen molar-refractivity contribution < 1.29 is 9.59 Å². The number of nitrogens with one attached hydrogen (secondary N) is 2. The molecule has 1 aliphatic heterocycles. The summed E-state index contributed by atoms with van der Waals surface area (Å²) in [6, 6.07) is 0.354. The maximum absolute atomic E-state index is 12.4. The molecule has 1 aromatic heterocycles. The monoisotopic (exact) mass is 290 g/mol. The van der Waals surface area contributed by atoms with E-state index in [1.54, 1.807) is 0 Å². The van der Waals surface area contributed by atoms with E-state index in [9.17, 15) is 9.59 Å². The number of carbonyl (C=O) groups is 2. The summed E-state index contributed by atoms with van der Waals surface area (Å²) in [5.41, 5.74) is 2.36. The summed E-state index contributed by atoms with van der Waals surface area (Å²) in [5, 5.41) is 9.85. The maximum Gasteiger partial charge on any atom is 0.229 e. The zero-order valence-corrected chi connectivity index (χ0v) is 12.6. The predicted octanol–water partition coefficient (Wildman–Crippen LogP) is 1.76. The van der Waals surface area contributed by atoms with Crippen molar-refractivity contribution in [2.75, 3.05) is 11.9 Å². The second-order valence-corrected chi connectivity index (χ2v) is 6.18. The van der Waals surface area contributed by atoms with Gasteiger partial charge in [0.05, 0.1) is 23.0 Å². The molecule has 2 fully saturated rings. The number of H-pyrrole nitrogens is 1. The van der Waals surface area contributed by atoms with Crippen molar-refractivity contribution >= 4 is 17.5 Å². The molecule has 1 unspecified atom stereocenters. The zero-order valence-electron chi connectivity index (χ0n) is 12.6. The van der Waals surface area contributed by atoms with Crippen molar-refractivity contribution in [3.8, 4) is 0 Å². The largest absolute Gasteiger partial charge is 0.339 e. The van der Waals surface area contributed by atoms with Gasteiger partial charge in [0.15, 0.2) is 0 Å². The van der Waals surface area contributed by atoms with Crippen LogP contribution < -0.4 is 5.32 Å². The first-order chi connectivity index (χ1) is 10.1. The first-order valence-corrected chi connectivity index (χ1v) is 7.68. The number of rotatable bonds is 3. The third kappa shape index (κ3) is 2.66. The SMILES string of the molecule is Cc1n[nH]c(C)c1NC(=O)C1CC(=O)N(C2CCCC2)C1. The fraction of sp³-hybridized carbons (Fsp3) is 0.667. The van der Waals surface area contributed by atoms with Crippen LogP contribution in [0.4, 0.5) is 5.69 Å². The number of aryl methyl sites for hydroxylation is 2. The maximum atomic E-state index is 12.4. The summed E-state index contributed by atoms with van der Waals surface area (Å²) in [7, 11) is 0. The van der Waals surface area contributed by atoms with E-state index < -0.39 is 0 Å². The van der Waals surface area contributed by atoms with Crippen molar-refractivity contribution in [1.82, 2.24) is 15.1 Å². The van der Waals surface area contributed by atoms with Gasteiger partial charge < -0.3 is 10.2 Å². The Hall–Kier alpha value is -1.85. The highest BCUT2D eigenvalue weighted by atomic mass is 16.2. The Balaban J connectivity index is 1.65. The van der Waals surface area contributed by atoms with Gasteiger partial charge in [-0.3, -0.25) is 14.7 Å². The number of likely N-dealkylation sites (tertiary alicyclic amines) is 1. The Morgan fingerprint density at radius 1 is 1.33 bits per heavy atom. The number of hydrogen-bond acceptors (Lipinski definition) is 3. The summed E-state index contributed by atoms with van der Waals surface area (Å²) < 4.78 is 0. The average molecular weight is 290 g/mol. The molecule has 21 heavy (non-hydrogen) atoms. The molecule has 2 amide bonds. The van der Waals surface area contributed by atoms with Crippen molar-refractivity contribution in [3.05, 3.63) is 11.4 Å². The van der Waals surface area contributed by atoms with E-state index in [4.69, 9.17) is 0 Å². The lowest BCUT2D eigenvalue weighted by Crippen LogP contribution is -2.35. The second kappa shape index (κ2) is 5.50. The lowest BCUT2D eigenvalue weighted by molar-refractivity contribution is -0.129. The number of aromatic amines is 1. The quantitative estimate of drug-likeness (QED) is 0.890. The molecule has 6 nitrogen and oxygen atoms in total. The van der Waals surface area contributed by atoms with Gasteiger partial charge in [0, 0.05) is 19.0 Å². The molecule has 0 aromatic carbocycles. The van der Waals surface area contributed by atoms with Crippen LogP contribution in [0.1, 0.15) is 43.5 Å². The lowest BCUT2D eigenvalue weighted by atomic mass is 10.1. The third-order valence-corrected chi connectivity index (χ3v) is 4.67. The standard InChI is InChI=1S/C15H22N4O2/c1-9-14(10(2)18-17-9)16-15(21)11-7-13(20)19(8-11)12-5-3-4-6-12/h11-12H,3-8H2,1-2H3,(H,16,21)(H,17,18). The van der Waals surface area contributed by atoms with Gasteiger partial charge in [-0.1, -0.05) is 12.8 Å². The van der Waals surface area contributed by atoms with Crippen LogP contribution in [0.15, 0.2) is 0 Å². The van der Waals surface area contributed by atoms with Crippen LogP contribution in [0, 0.1) is 19.8 Å². The van der Waals surface area contributed by atoms with Crippen molar-refractivity contribution in [2.24, 2.45) is 5.92 Å². The summed E-state index contributed by atoms with van der Waals surface area (Å²) in [4.78, 5) is 26.5. The van der Waals surface area contributed by atoms with Crippen molar-refractivity contribution in [1.29, 1.82) is 0 Å². The number of carbonyl (C=O) groups excluding carboxylic acids is 2. The van der Waals surface area contributed by atoms with Crippen LogP contribution in [-0.2, 0) is 9.59 Å². The fourth-order valence-electron chi connectivity index (χ4n) is 3.44. The number of aromatic nitrogens is 2. The fourth-order valence-corrected chi connectivity index (χ4v) is 3.44. The Morgan fingerprint density at radius 3 is 2.67 bits per heavy atom. The molecular formula is C15H22N4O2. The van der Waals surface area contributed by atoms with E-state index in [-0.39, 0.29) is 17.7 Å². The van der Waals surface area contributed by atoms with Gasteiger partial charge in [-0.05, 0) is 26.7 Å². The molecular weight excluding hydrogens is 268 g/mol. The Labute approximate surface area is 124 Å². The summed E-state index contributed by atoms with van der Waals surface area (Å²) in [6.45, 7) is 4.29. The minimum absolute atomic E-state index is 0.0727. The van der Waals surface area contributed by atoms with Crippen molar-refractivity contribution in [2.45, 2.75) is 52.0 Å². The van der Waals surface area contributed by atoms with Crippen LogP contribution in [0.5, 0.6) is 0 Å². The first kappa shape index (κ1) is 14.1. The molecule has 2 heterocycles. The van der Waals surface area contributed by atoms with Crippen molar-refractivity contribution in [3.63, 3.8) is 0 Å². The summed E-state index contributed by atoms with van der Waals surface area (Å²) >= 11 is 0. The molecule has 3 rings (SSSR count). The summed E-state index contributed by atoms with van der Waals surface area (Å²) in [6.07, 6.45) is 4.88. The van der Waals surface area contributed by atoms with Crippen LogP contribution >= 0.6 is 0 Å². The van der Waals surface area contributed by atoms with Gasteiger partial charge in [-0.2, -0.15) is 5.10 Å². The topological polar surface area (TPSA) is 78.1 Å². The molecule has 1 atom stereocenters. The molecule has 0 spiro atoms. The highest BCUT2D eigenvalue weighted by Gasteiger charge is 2.38. The first-order valence-electron chi connectivity index (χ1n) is 7.68. The normalized spacial score (nSPS) is 23.0. The molecule has 0 radical (unpaired) electrons. The molecule has 1 aliphatic carbocycles. The zero-order chi connectivity index (χ0) is 15.0. The lowest BCUT2D eigenvalue weighted by Gasteiger charge is -2.23.